The summed E-state index contributed by atoms with van der Waals surface area (Å²) < 4.78 is 0. The van der Waals surface area contributed by atoms with Crippen LogP contribution in [0.15, 0.2) is 36.0 Å². The lowest BCUT2D eigenvalue weighted by Gasteiger charge is -2.21. The molecule has 1 atom stereocenters. The van der Waals surface area contributed by atoms with Gasteiger partial charge in [0.05, 0.1) is 0 Å². The molecular formula is C32H62N2. The highest BCUT2D eigenvalue weighted by Gasteiger charge is 2.13. The normalized spacial score (nSPS) is 13.5. The Labute approximate surface area is 215 Å². The van der Waals surface area contributed by atoms with Crippen LogP contribution in [0.5, 0.6) is 0 Å². The Bertz CT molecular complexity index is 477. The van der Waals surface area contributed by atoms with E-state index in [1.165, 1.54) is 116 Å². The van der Waals surface area contributed by atoms with Gasteiger partial charge in [0.2, 0.25) is 0 Å². The molecule has 0 saturated heterocycles. The van der Waals surface area contributed by atoms with Gasteiger partial charge in [0.25, 0.3) is 0 Å². The molecule has 1 unspecified atom stereocenters. The molecule has 0 radical (unpaired) electrons. The fourth-order valence-electron chi connectivity index (χ4n) is 4.63. The lowest BCUT2D eigenvalue weighted by molar-refractivity contribution is 0.461. The molecule has 0 aliphatic carbocycles. The number of allylic oxidation sites excluding steroid dienone is 6. The van der Waals surface area contributed by atoms with Crippen LogP contribution >= 0.6 is 0 Å². The number of nitrogens with one attached hydrogen (secondary N) is 2. The van der Waals surface area contributed by atoms with Gasteiger partial charge in [-0.05, 0) is 97.3 Å². The molecule has 0 saturated carbocycles. The minimum Gasteiger partial charge on any atom is -0.320 e. The van der Waals surface area contributed by atoms with E-state index in [9.17, 15) is 0 Å². The van der Waals surface area contributed by atoms with Crippen LogP contribution in [0.2, 0.25) is 0 Å². The minimum absolute atomic E-state index is 0.779. The van der Waals surface area contributed by atoms with Gasteiger partial charge in [0, 0.05) is 0 Å². The molecule has 2 heteroatoms. The second-order valence-electron chi connectivity index (χ2n) is 10.1. The zero-order chi connectivity index (χ0) is 25.0. The fourth-order valence-corrected chi connectivity index (χ4v) is 4.63. The molecule has 0 fully saturated rings. The lowest BCUT2D eigenvalue weighted by Crippen LogP contribution is -2.08. The molecule has 0 spiro atoms. The van der Waals surface area contributed by atoms with Crippen molar-refractivity contribution in [3.8, 4) is 0 Å². The summed E-state index contributed by atoms with van der Waals surface area (Å²) in [5, 5.41) is 6.58. The smallest absolute Gasteiger partial charge is 0.00519 e. The first-order chi connectivity index (χ1) is 16.8. The molecule has 0 aromatic heterocycles. The lowest BCUT2D eigenvalue weighted by atomic mass is 9.85. The first-order valence-electron chi connectivity index (χ1n) is 15.1. The van der Waals surface area contributed by atoms with Gasteiger partial charge in [-0.3, -0.25) is 0 Å². The van der Waals surface area contributed by atoms with Crippen LogP contribution in [-0.2, 0) is 0 Å². The van der Waals surface area contributed by atoms with Gasteiger partial charge >= 0.3 is 0 Å². The van der Waals surface area contributed by atoms with Gasteiger partial charge < -0.3 is 10.6 Å². The van der Waals surface area contributed by atoms with E-state index in [1.54, 1.807) is 5.57 Å². The highest BCUT2D eigenvalue weighted by Crippen LogP contribution is 2.29. The second kappa shape index (κ2) is 28.4. The standard InChI is InChI=1S/C32H62N2/c1-5-7-9-11-13-19-25-31(27-21-15-17-23-29-33-3)32(26-20-14-12-10-8-6-2)28-22-16-18-24-30-34-4/h11-14,25,32-34H,5-10,15-24,26-30H2,1-4H3/b13-11+,14-12+,31-25-. The monoisotopic (exact) mass is 474 g/mol. The van der Waals surface area contributed by atoms with E-state index in [0.29, 0.717) is 0 Å². The zero-order valence-electron chi connectivity index (χ0n) is 23.8. The highest BCUT2D eigenvalue weighted by atomic mass is 14.8. The number of hydrogen-bond acceptors (Lipinski definition) is 2. The summed E-state index contributed by atoms with van der Waals surface area (Å²) >= 11 is 0. The first-order valence-corrected chi connectivity index (χ1v) is 15.1. The Morgan fingerprint density at radius 2 is 1.15 bits per heavy atom. The largest absolute Gasteiger partial charge is 0.320 e. The molecule has 0 heterocycles. The van der Waals surface area contributed by atoms with Gasteiger partial charge in [0.1, 0.15) is 0 Å². The van der Waals surface area contributed by atoms with E-state index >= 15 is 0 Å². The third-order valence-electron chi connectivity index (χ3n) is 6.88. The van der Waals surface area contributed by atoms with E-state index in [2.05, 4.69) is 69.0 Å². The molecule has 0 bridgehead atoms. The summed E-state index contributed by atoms with van der Waals surface area (Å²) in [6.45, 7) is 6.89. The zero-order valence-corrected chi connectivity index (χ0v) is 23.8. The van der Waals surface area contributed by atoms with E-state index < -0.39 is 0 Å². The van der Waals surface area contributed by atoms with Crippen LogP contribution in [0.4, 0.5) is 0 Å². The van der Waals surface area contributed by atoms with Crippen molar-refractivity contribution in [1.82, 2.24) is 10.6 Å². The Morgan fingerprint density at radius 3 is 1.76 bits per heavy atom. The predicted molar refractivity (Wildman–Crippen MR) is 157 cm³/mol. The van der Waals surface area contributed by atoms with Gasteiger partial charge in [-0.1, -0.05) is 108 Å². The minimum atomic E-state index is 0.779. The maximum Gasteiger partial charge on any atom is -0.00519 e. The van der Waals surface area contributed by atoms with Crippen molar-refractivity contribution in [2.24, 2.45) is 5.92 Å². The number of hydrogen-bond donors (Lipinski definition) is 2. The molecular weight excluding hydrogens is 412 g/mol. The molecule has 0 aliphatic heterocycles. The average Bonchev–Trinajstić information content (AvgIpc) is 2.85. The topological polar surface area (TPSA) is 24.1 Å². The van der Waals surface area contributed by atoms with Crippen molar-refractivity contribution in [1.29, 1.82) is 0 Å². The van der Waals surface area contributed by atoms with Crippen molar-refractivity contribution in [3.63, 3.8) is 0 Å². The Hall–Kier alpha value is -0.860. The van der Waals surface area contributed by atoms with Crippen molar-refractivity contribution in [2.45, 2.75) is 136 Å². The molecule has 2 N–H and O–H groups in total. The third-order valence-corrected chi connectivity index (χ3v) is 6.88. The van der Waals surface area contributed by atoms with Crippen LogP contribution in [0.25, 0.3) is 0 Å². The molecule has 0 amide bonds. The van der Waals surface area contributed by atoms with Crippen molar-refractivity contribution in [3.05, 3.63) is 36.0 Å². The first kappa shape index (κ1) is 33.1. The Kier molecular flexibility index (Phi) is 27.7. The van der Waals surface area contributed by atoms with Gasteiger partial charge in [0.15, 0.2) is 0 Å². The Morgan fingerprint density at radius 1 is 0.588 bits per heavy atom. The molecule has 0 rings (SSSR count). The SMILES string of the molecule is CCCC/C=C/C/C=C(/CCCCCCNC)C(CC/C=C/CCCC)CCCCCCNC. The van der Waals surface area contributed by atoms with Crippen LogP contribution in [0.1, 0.15) is 136 Å². The van der Waals surface area contributed by atoms with Crippen LogP contribution in [-0.4, -0.2) is 27.2 Å². The summed E-state index contributed by atoms with van der Waals surface area (Å²) in [5.74, 6) is 0.779. The molecule has 34 heavy (non-hydrogen) atoms. The summed E-state index contributed by atoms with van der Waals surface area (Å²) in [6.07, 6.45) is 37.4. The summed E-state index contributed by atoms with van der Waals surface area (Å²) in [6, 6.07) is 0. The van der Waals surface area contributed by atoms with Crippen molar-refractivity contribution >= 4 is 0 Å². The van der Waals surface area contributed by atoms with Crippen LogP contribution < -0.4 is 10.6 Å². The van der Waals surface area contributed by atoms with Crippen molar-refractivity contribution < 1.29 is 0 Å². The predicted octanol–water partition coefficient (Wildman–Crippen LogP) is 9.53. The van der Waals surface area contributed by atoms with E-state index in [-0.39, 0.29) is 0 Å². The van der Waals surface area contributed by atoms with Gasteiger partial charge in [-0.2, -0.15) is 0 Å². The maximum absolute atomic E-state index is 3.29. The third kappa shape index (κ3) is 22.9. The quantitative estimate of drug-likeness (QED) is 0.0963. The number of rotatable bonds is 26. The molecule has 200 valence electrons. The van der Waals surface area contributed by atoms with E-state index in [1.807, 2.05) is 0 Å². The second-order valence-corrected chi connectivity index (χ2v) is 10.1. The highest BCUT2D eigenvalue weighted by molar-refractivity contribution is 5.10. The molecule has 2 nitrogen and oxygen atoms in total. The Balaban J connectivity index is 4.95. The van der Waals surface area contributed by atoms with Crippen molar-refractivity contribution in [2.75, 3.05) is 27.2 Å². The molecule has 0 aromatic carbocycles. The van der Waals surface area contributed by atoms with Gasteiger partial charge in [-0.25, -0.2) is 0 Å². The summed E-state index contributed by atoms with van der Waals surface area (Å²) in [4.78, 5) is 0. The van der Waals surface area contributed by atoms with Gasteiger partial charge in [-0.15, -0.1) is 0 Å². The van der Waals surface area contributed by atoms with E-state index in [4.69, 9.17) is 0 Å². The maximum atomic E-state index is 3.29. The number of unbranched alkanes of at least 4 members (excludes halogenated alkanes) is 10. The van der Waals surface area contributed by atoms with E-state index in [0.717, 1.165) is 25.4 Å². The van der Waals surface area contributed by atoms with Crippen LogP contribution in [0.3, 0.4) is 0 Å². The van der Waals surface area contributed by atoms with Crippen LogP contribution in [0, 0.1) is 5.92 Å². The molecule has 0 aromatic rings. The summed E-state index contributed by atoms with van der Waals surface area (Å²) in [5.41, 5.74) is 1.77. The average molecular weight is 475 g/mol. The summed E-state index contributed by atoms with van der Waals surface area (Å²) in [7, 11) is 4.13. The fraction of sp³-hybridized carbons (Fsp3) is 0.812. The molecule has 0 aliphatic rings.